The van der Waals surface area contributed by atoms with Crippen molar-refractivity contribution in [2.45, 2.75) is 24.8 Å². The lowest BCUT2D eigenvalue weighted by Gasteiger charge is -2.41. The van der Waals surface area contributed by atoms with Crippen molar-refractivity contribution >= 4 is 22.6 Å². The maximum absolute atomic E-state index is 13.6. The van der Waals surface area contributed by atoms with E-state index in [0.29, 0.717) is 12.1 Å². The SMILES string of the molecule is O=C(CN1CCN(C(=O)c2cc(C(F)(F)F)cc(C(F)(F)F)c2)[C@H](Cc2c[nH]c3ccccc23)C1)c1ccc(F)cc1. The normalized spacial score (nSPS) is 16.6. The second-order valence-corrected chi connectivity index (χ2v) is 10.2. The van der Waals surface area contributed by atoms with Crippen molar-refractivity contribution in [2.75, 3.05) is 26.2 Å². The number of alkyl halides is 6. The van der Waals surface area contributed by atoms with Crippen LogP contribution in [0.1, 0.15) is 37.4 Å². The van der Waals surface area contributed by atoms with Crippen molar-refractivity contribution in [3.8, 4) is 0 Å². The number of H-pyrrole nitrogens is 1. The number of nitrogens with zero attached hydrogens (tertiary/aromatic N) is 2. The van der Waals surface area contributed by atoms with Gasteiger partial charge in [0.25, 0.3) is 5.91 Å². The molecule has 5 rings (SSSR count). The van der Waals surface area contributed by atoms with Gasteiger partial charge in [-0.1, -0.05) is 18.2 Å². The number of nitrogens with one attached hydrogen (secondary N) is 1. The first-order chi connectivity index (χ1) is 19.8. The van der Waals surface area contributed by atoms with Gasteiger partial charge in [0.2, 0.25) is 0 Å². The maximum atomic E-state index is 13.6. The fraction of sp³-hybridized carbons (Fsp3) is 0.267. The highest BCUT2D eigenvalue weighted by Gasteiger charge is 2.39. The number of carbonyl (C=O) groups excluding carboxylic acids is 2. The molecule has 0 unspecified atom stereocenters. The number of hydrogen-bond acceptors (Lipinski definition) is 3. The average Bonchev–Trinajstić information content (AvgIpc) is 3.34. The minimum atomic E-state index is -5.10. The van der Waals surface area contributed by atoms with Crippen LogP contribution in [0.25, 0.3) is 10.9 Å². The summed E-state index contributed by atoms with van der Waals surface area (Å²) in [7, 11) is 0. The molecule has 5 nitrogen and oxygen atoms in total. The Morgan fingerprint density at radius 2 is 1.48 bits per heavy atom. The van der Waals surface area contributed by atoms with E-state index in [2.05, 4.69) is 4.98 Å². The highest BCUT2D eigenvalue weighted by Crippen LogP contribution is 2.37. The van der Waals surface area contributed by atoms with E-state index in [1.165, 1.54) is 17.0 Å². The van der Waals surface area contributed by atoms with Gasteiger partial charge in [-0.2, -0.15) is 26.3 Å². The van der Waals surface area contributed by atoms with E-state index in [1.807, 2.05) is 24.3 Å². The lowest BCUT2D eigenvalue weighted by Crippen LogP contribution is -2.56. The molecule has 1 atom stereocenters. The lowest BCUT2D eigenvalue weighted by molar-refractivity contribution is -0.143. The quantitative estimate of drug-likeness (QED) is 0.203. The molecule has 1 saturated heterocycles. The molecule has 0 spiro atoms. The fourth-order valence-electron chi connectivity index (χ4n) is 5.23. The van der Waals surface area contributed by atoms with Crippen LogP contribution in [-0.2, 0) is 18.8 Å². The van der Waals surface area contributed by atoms with Gasteiger partial charge in [-0.25, -0.2) is 4.39 Å². The number of Topliss-reactive ketones (excluding diaryl/α,β-unsaturated/α-hetero) is 1. The average molecular weight is 592 g/mol. The Morgan fingerprint density at radius 1 is 0.833 bits per heavy atom. The summed E-state index contributed by atoms with van der Waals surface area (Å²) in [5.41, 5.74) is -1.98. The van der Waals surface area contributed by atoms with Gasteiger partial charge in [-0.05, 0) is 60.5 Å². The van der Waals surface area contributed by atoms with Gasteiger partial charge < -0.3 is 9.88 Å². The molecule has 0 aliphatic carbocycles. The molecule has 0 radical (unpaired) electrons. The molecule has 2 heterocycles. The third kappa shape index (κ3) is 6.33. The number of halogens is 7. The van der Waals surface area contributed by atoms with Gasteiger partial charge in [0.1, 0.15) is 5.82 Å². The van der Waals surface area contributed by atoms with Gasteiger partial charge in [-0.3, -0.25) is 14.5 Å². The molecule has 1 fully saturated rings. The lowest BCUT2D eigenvalue weighted by atomic mass is 9.98. The van der Waals surface area contributed by atoms with Crippen LogP contribution >= 0.6 is 0 Å². The molecule has 12 heteroatoms. The minimum Gasteiger partial charge on any atom is -0.361 e. The van der Waals surface area contributed by atoms with Gasteiger partial charge in [0.05, 0.1) is 17.7 Å². The van der Waals surface area contributed by atoms with Gasteiger partial charge in [-0.15, -0.1) is 0 Å². The monoisotopic (exact) mass is 591 g/mol. The van der Waals surface area contributed by atoms with Crippen molar-refractivity contribution in [1.82, 2.24) is 14.8 Å². The molecule has 1 aromatic heterocycles. The van der Waals surface area contributed by atoms with Crippen LogP contribution in [0.5, 0.6) is 0 Å². The van der Waals surface area contributed by atoms with Crippen LogP contribution in [0.4, 0.5) is 30.7 Å². The van der Waals surface area contributed by atoms with E-state index in [9.17, 15) is 40.3 Å². The number of hydrogen-bond donors (Lipinski definition) is 1. The van der Waals surface area contributed by atoms with E-state index >= 15 is 0 Å². The van der Waals surface area contributed by atoms with Crippen LogP contribution in [0.3, 0.4) is 0 Å². The molecular weight excluding hydrogens is 567 g/mol. The molecule has 1 N–H and O–H groups in total. The first-order valence-electron chi connectivity index (χ1n) is 13.0. The molecule has 1 aliphatic rings. The summed E-state index contributed by atoms with van der Waals surface area (Å²) in [6.07, 6.45) is -8.23. The van der Waals surface area contributed by atoms with Crippen molar-refractivity contribution < 1.29 is 40.3 Å². The summed E-state index contributed by atoms with van der Waals surface area (Å²) < 4.78 is 94.3. The van der Waals surface area contributed by atoms with Gasteiger partial charge >= 0.3 is 12.4 Å². The fourth-order valence-corrected chi connectivity index (χ4v) is 5.23. The van der Waals surface area contributed by atoms with Gasteiger partial charge in [0.15, 0.2) is 5.78 Å². The van der Waals surface area contributed by atoms with Crippen LogP contribution in [0.2, 0.25) is 0 Å². The van der Waals surface area contributed by atoms with Gasteiger partial charge in [0, 0.05) is 53.9 Å². The van der Waals surface area contributed by atoms with Crippen LogP contribution in [0, 0.1) is 5.82 Å². The Kier molecular flexibility index (Phi) is 7.84. The minimum absolute atomic E-state index is 0.0147. The molecule has 3 aromatic carbocycles. The number of aromatic nitrogens is 1. The smallest absolute Gasteiger partial charge is 0.361 e. The van der Waals surface area contributed by atoms with Crippen LogP contribution in [-0.4, -0.2) is 58.7 Å². The zero-order valence-electron chi connectivity index (χ0n) is 21.9. The number of carbonyl (C=O) groups is 2. The Hall–Kier alpha value is -4.19. The third-order valence-electron chi connectivity index (χ3n) is 7.33. The number of benzene rings is 3. The first kappa shape index (κ1) is 29.3. The van der Waals surface area contributed by atoms with Crippen molar-refractivity contribution in [2.24, 2.45) is 0 Å². The number of ketones is 1. The summed E-state index contributed by atoms with van der Waals surface area (Å²) in [6, 6.07) is 12.5. The molecule has 220 valence electrons. The van der Waals surface area contributed by atoms with E-state index in [1.54, 1.807) is 11.1 Å². The largest absolute Gasteiger partial charge is 0.416 e. The van der Waals surface area contributed by atoms with Crippen molar-refractivity contribution in [1.29, 1.82) is 0 Å². The molecule has 1 aliphatic heterocycles. The predicted octanol–water partition coefficient (Wildman–Crippen LogP) is 6.60. The highest BCUT2D eigenvalue weighted by molar-refractivity contribution is 5.98. The third-order valence-corrected chi connectivity index (χ3v) is 7.33. The topological polar surface area (TPSA) is 56.4 Å². The van der Waals surface area contributed by atoms with Crippen molar-refractivity contribution in [3.05, 3.63) is 107 Å². The van der Waals surface area contributed by atoms with E-state index in [4.69, 9.17) is 0 Å². The molecule has 0 bridgehead atoms. The molecular formula is C30H24F7N3O2. The summed E-state index contributed by atoms with van der Waals surface area (Å²) in [6.45, 7) is 0.164. The van der Waals surface area contributed by atoms with Crippen molar-refractivity contribution in [3.63, 3.8) is 0 Å². The molecule has 4 aromatic rings. The molecule has 42 heavy (non-hydrogen) atoms. The Morgan fingerprint density at radius 3 is 2.12 bits per heavy atom. The Labute approximate surface area is 235 Å². The Bertz CT molecular complexity index is 1580. The predicted molar refractivity (Wildman–Crippen MR) is 140 cm³/mol. The molecule has 0 saturated carbocycles. The zero-order chi connectivity index (χ0) is 30.2. The number of fused-ring (bicyclic) bond motifs is 1. The number of aromatic amines is 1. The summed E-state index contributed by atoms with van der Waals surface area (Å²) in [4.78, 5) is 32.6. The number of rotatable bonds is 6. The van der Waals surface area contributed by atoms with E-state index in [-0.39, 0.29) is 50.0 Å². The highest BCUT2D eigenvalue weighted by atomic mass is 19.4. The van der Waals surface area contributed by atoms with Crippen LogP contribution < -0.4 is 0 Å². The number of amides is 1. The zero-order valence-corrected chi connectivity index (χ0v) is 21.9. The Balaban J connectivity index is 1.46. The molecule has 1 amide bonds. The second-order valence-electron chi connectivity index (χ2n) is 10.2. The van der Waals surface area contributed by atoms with E-state index in [0.717, 1.165) is 28.6 Å². The number of piperazine rings is 1. The van der Waals surface area contributed by atoms with Crippen LogP contribution in [0.15, 0.2) is 72.9 Å². The summed E-state index contributed by atoms with van der Waals surface area (Å²) >= 11 is 0. The number of para-hydroxylation sites is 1. The summed E-state index contributed by atoms with van der Waals surface area (Å²) in [5, 5.41) is 0.850. The maximum Gasteiger partial charge on any atom is 0.416 e. The summed E-state index contributed by atoms with van der Waals surface area (Å²) in [5.74, 6) is -1.77. The second kappa shape index (κ2) is 11.2. The van der Waals surface area contributed by atoms with E-state index < -0.39 is 46.8 Å². The standard InChI is InChI=1S/C30H24F7N3O2/c31-23-7-5-18(6-8-23)27(41)17-39-9-10-40(24(16-39)13-20-15-38-26-4-2-1-3-25(20)26)28(42)19-11-21(29(32,33)34)14-22(12-19)30(35,36)37/h1-8,11-12,14-15,24,38H,9-10,13,16-17H2/t24-/m1/s1. The first-order valence-corrected chi connectivity index (χ1v) is 13.0.